The third-order valence-electron chi connectivity index (χ3n) is 3.03. The van der Waals surface area contributed by atoms with Crippen LogP contribution in [0.15, 0.2) is 46.8 Å². The van der Waals surface area contributed by atoms with Crippen molar-refractivity contribution >= 4 is 17.6 Å². The van der Waals surface area contributed by atoms with Crippen LogP contribution in [0.25, 0.3) is 0 Å². The number of aromatic nitrogens is 2. The molecule has 25 heavy (non-hydrogen) atoms. The highest BCUT2D eigenvalue weighted by Gasteiger charge is 2.04. The molecule has 1 aromatic carbocycles. The number of alkyl halides is 2. The topological polar surface area (TPSA) is 95.0 Å². The van der Waals surface area contributed by atoms with E-state index in [1.807, 2.05) is 6.92 Å². The average Bonchev–Trinajstić information content (AvgIpc) is 2.63. The highest BCUT2D eigenvalue weighted by Crippen LogP contribution is 2.19. The Morgan fingerprint density at radius 1 is 1.24 bits per heavy atom. The van der Waals surface area contributed by atoms with Gasteiger partial charge in [0.2, 0.25) is 0 Å². The Morgan fingerprint density at radius 2 is 1.92 bits per heavy atom. The largest absolute Gasteiger partial charge is 0.457 e. The lowest BCUT2D eigenvalue weighted by molar-refractivity contribution is -0.0498. The zero-order valence-corrected chi connectivity index (χ0v) is 13.5. The van der Waals surface area contributed by atoms with Gasteiger partial charge < -0.3 is 15.3 Å². The van der Waals surface area contributed by atoms with Gasteiger partial charge in [-0.05, 0) is 36.2 Å². The fraction of sp³-hybridized carbons (Fsp3) is 0.250. The van der Waals surface area contributed by atoms with Gasteiger partial charge in [-0.2, -0.15) is 13.9 Å². The molecule has 0 amide bonds. The van der Waals surface area contributed by atoms with E-state index in [-0.39, 0.29) is 18.4 Å². The van der Waals surface area contributed by atoms with Gasteiger partial charge in [0.15, 0.2) is 0 Å². The van der Waals surface area contributed by atoms with Crippen LogP contribution in [0.4, 0.5) is 14.5 Å². The number of ether oxygens (including phenoxy) is 2. The third kappa shape index (κ3) is 6.13. The number of aliphatic imine (C=N–C) groups is 1. The summed E-state index contributed by atoms with van der Waals surface area (Å²) in [5, 5.41) is 3.57. The monoisotopic (exact) mass is 349 g/mol. The Labute approximate surface area is 143 Å². The number of rotatable bonds is 8. The normalized spacial score (nSPS) is 11.9. The molecule has 2 N–H and O–H groups in total. The second-order valence-electron chi connectivity index (χ2n) is 4.77. The van der Waals surface area contributed by atoms with Crippen molar-refractivity contribution < 1.29 is 18.3 Å². The maximum absolute atomic E-state index is 12.1. The van der Waals surface area contributed by atoms with Gasteiger partial charge in [-0.25, -0.2) is 9.97 Å². The molecule has 1 aromatic heterocycles. The first-order valence-electron chi connectivity index (χ1n) is 7.40. The number of nitrogens with zero attached hydrogens (tertiary/aromatic N) is 4. The second kappa shape index (κ2) is 9.26. The second-order valence-corrected chi connectivity index (χ2v) is 4.77. The fourth-order valence-electron chi connectivity index (χ4n) is 1.71. The van der Waals surface area contributed by atoms with Gasteiger partial charge in [-0.3, -0.25) is 4.99 Å². The quantitative estimate of drug-likeness (QED) is 0.449. The zero-order chi connectivity index (χ0) is 18.1. The third-order valence-corrected chi connectivity index (χ3v) is 3.03. The summed E-state index contributed by atoms with van der Waals surface area (Å²) in [6, 6.07) is 6.03. The van der Waals surface area contributed by atoms with Gasteiger partial charge in [0.05, 0.1) is 11.9 Å². The van der Waals surface area contributed by atoms with Crippen LogP contribution in [0.5, 0.6) is 11.8 Å². The molecule has 0 bridgehead atoms. The molecule has 0 radical (unpaired) electrons. The van der Waals surface area contributed by atoms with Crippen molar-refractivity contribution in [1.29, 1.82) is 0 Å². The number of hydrogen-bond acceptors (Lipinski definition) is 7. The maximum atomic E-state index is 12.1. The first kappa shape index (κ1) is 18.2. The van der Waals surface area contributed by atoms with Crippen LogP contribution in [-0.2, 0) is 6.42 Å². The van der Waals surface area contributed by atoms with E-state index in [9.17, 15) is 8.78 Å². The summed E-state index contributed by atoms with van der Waals surface area (Å²) in [6.07, 6.45) is 5.60. The molecule has 0 atom stereocenters. The van der Waals surface area contributed by atoms with Gasteiger partial charge >= 0.3 is 12.6 Å². The van der Waals surface area contributed by atoms with Crippen molar-refractivity contribution in [3.63, 3.8) is 0 Å². The standard InChI is InChI=1S/C16H17F2N5O2/c1-2-11-7-21-16(22-8-11)24-10-13(23-19)9-20-12-3-5-14(6-4-12)25-15(17)18/h3-9,15H,2,10,19H2,1H3. The Kier molecular flexibility index (Phi) is 6.76. The van der Waals surface area contributed by atoms with E-state index in [4.69, 9.17) is 10.6 Å². The highest BCUT2D eigenvalue weighted by atomic mass is 19.3. The molecule has 7 nitrogen and oxygen atoms in total. The van der Waals surface area contributed by atoms with E-state index in [0.29, 0.717) is 11.4 Å². The molecule has 0 aliphatic rings. The van der Waals surface area contributed by atoms with Crippen molar-refractivity contribution in [2.24, 2.45) is 15.9 Å². The van der Waals surface area contributed by atoms with Crippen molar-refractivity contribution in [3.05, 3.63) is 42.2 Å². The number of benzene rings is 1. The van der Waals surface area contributed by atoms with E-state index in [0.717, 1.165) is 12.0 Å². The first-order chi connectivity index (χ1) is 12.1. The predicted molar refractivity (Wildman–Crippen MR) is 89.8 cm³/mol. The lowest BCUT2D eigenvalue weighted by Gasteiger charge is -2.04. The number of hydrogen-bond donors (Lipinski definition) is 1. The summed E-state index contributed by atoms with van der Waals surface area (Å²) in [6.45, 7) is -0.824. The number of aryl methyl sites for hydroxylation is 1. The van der Waals surface area contributed by atoms with E-state index in [1.54, 1.807) is 12.4 Å². The minimum absolute atomic E-state index is 0.0397. The zero-order valence-electron chi connectivity index (χ0n) is 13.5. The molecule has 2 rings (SSSR count). The molecule has 0 fully saturated rings. The Morgan fingerprint density at radius 3 is 2.48 bits per heavy atom. The lowest BCUT2D eigenvalue weighted by atomic mass is 10.3. The molecule has 0 aliphatic carbocycles. The van der Waals surface area contributed by atoms with Crippen LogP contribution in [-0.4, -0.2) is 35.1 Å². The predicted octanol–water partition coefficient (Wildman–Crippen LogP) is 2.74. The molecule has 0 spiro atoms. The highest BCUT2D eigenvalue weighted by molar-refractivity contribution is 6.31. The van der Waals surface area contributed by atoms with Gasteiger partial charge in [0.25, 0.3) is 0 Å². The van der Waals surface area contributed by atoms with Gasteiger partial charge in [0.1, 0.15) is 18.1 Å². The van der Waals surface area contributed by atoms with Crippen LogP contribution < -0.4 is 15.3 Å². The molecule has 9 heteroatoms. The van der Waals surface area contributed by atoms with Crippen LogP contribution in [0.2, 0.25) is 0 Å². The van der Waals surface area contributed by atoms with E-state index >= 15 is 0 Å². The van der Waals surface area contributed by atoms with E-state index in [1.165, 1.54) is 30.5 Å². The summed E-state index contributed by atoms with van der Waals surface area (Å²) < 4.78 is 33.8. The van der Waals surface area contributed by atoms with Crippen LogP contribution in [0.3, 0.4) is 0 Å². The molecule has 132 valence electrons. The molecular formula is C16H17F2N5O2. The summed E-state index contributed by atoms with van der Waals surface area (Å²) in [4.78, 5) is 12.3. The minimum Gasteiger partial charge on any atom is -0.457 e. The summed E-state index contributed by atoms with van der Waals surface area (Å²) in [7, 11) is 0. The summed E-state index contributed by atoms with van der Waals surface area (Å²) >= 11 is 0. The van der Waals surface area contributed by atoms with Crippen LogP contribution in [0.1, 0.15) is 12.5 Å². The van der Waals surface area contributed by atoms with Crippen molar-refractivity contribution in [1.82, 2.24) is 9.97 Å². The number of halogens is 2. The minimum atomic E-state index is -2.86. The fourth-order valence-corrected chi connectivity index (χ4v) is 1.71. The molecule has 2 aromatic rings. The first-order valence-corrected chi connectivity index (χ1v) is 7.40. The van der Waals surface area contributed by atoms with E-state index in [2.05, 4.69) is 24.8 Å². The van der Waals surface area contributed by atoms with Gasteiger partial charge in [0, 0.05) is 12.4 Å². The Hall–Kier alpha value is -3.10. The van der Waals surface area contributed by atoms with Gasteiger partial charge in [-0.1, -0.05) is 6.92 Å². The molecule has 0 unspecified atom stereocenters. The molecule has 1 heterocycles. The SMILES string of the molecule is CCc1cnc(OCC(C=Nc2ccc(OC(F)F)cc2)=NN)nc1. The van der Waals surface area contributed by atoms with Crippen LogP contribution in [0, 0.1) is 0 Å². The Balaban J connectivity index is 1.91. The maximum Gasteiger partial charge on any atom is 0.387 e. The number of hydrazone groups is 1. The smallest absolute Gasteiger partial charge is 0.387 e. The molecule has 0 saturated heterocycles. The lowest BCUT2D eigenvalue weighted by Crippen LogP contribution is -2.16. The number of nitrogens with two attached hydrogens (primary N) is 1. The van der Waals surface area contributed by atoms with Crippen molar-refractivity contribution in [2.75, 3.05) is 6.61 Å². The summed E-state index contributed by atoms with van der Waals surface area (Å²) in [5.74, 6) is 5.35. The average molecular weight is 349 g/mol. The molecular weight excluding hydrogens is 332 g/mol. The summed E-state index contributed by atoms with van der Waals surface area (Å²) in [5.41, 5.74) is 1.88. The Bertz CT molecular complexity index is 718. The van der Waals surface area contributed by atoms with Crippen molar-refractivity contribution in [2.45, 2.75) is 20.0 Å². The van der Waals surface area contributed by atoms with Crippen LogP contribution >= 0.6 is 0 Å². The molecule has 0 saturated carbocycles. The van der Waals surface area contributed by atoms with E-state index < -0.39 is 6.61 Å². The molecule has 0 aliphatic heterocycles. The van der Waals surface area contributed by atoms with Gasteiger partial charge in [-0.15, -0.1) is 0 Å². The van der Waals surface area contributed by atoms with Crippen molar-refractivity contribution in [3.8, 4) is 11.8 Å².